The molecule has 2 heteroatoms. The van der Waals surface area contributed by atoms with Crippen molar-refractivity contribution in [2.75, 3.05) is 6.61 Å². The van der Waals surface area contributed by atoms with Gasteiger partial charge >= 0.3 is 5.97 Å². The van der Waals surface area contributed by atoms with Gasteiger partial charge in [0.15, 0.2) is 0 Å². The predicted octanol–water partition coefficient (Wildman–Crippen LogP) is 4.21. The summed E-state index contributed by atoms with van der Waals surface area (Å²) >= 11 is 0. The van der Waals surface area contributed by atoms with Crippen molar-refractivity contribution < 1.29 is 9.53 Å². The van der Waals surface area contributed by atoms with Crippen molar-refractivity contribution in [1.29, 1.82) is 0 Å². The van der Waals surface area contributed by atoms with Crippen LogP contribution in [0.15, 0.2) is 36.4 Å². The summed E-state index contributed by atoms with van der Waals surface area (Å²) in [5, 5.41) is 0. The number of benzene rings is 1. The molecule has 0 saturated carbocycles. The van der Waals surface area contributed by atoms with Crippen LogP contribution in [0, 0.1) is 0 Å². The molecule has 18 heavy (non-hydrogen) atoms. The van der Waals surface area contributed by atoms with Gasteiger partial charge in [-0.05, 0) is 30.9 Å². The van der Waals surface area contributed by atoms with Gasteiger partial charge in [0.05, 0.1) is 6.61 Å². The second-order valence-corrected chi connectivity index (χ2v) is 4.19. The maximum absolute atomic E-state index is 11.3. The molecule has 1 aromatic rings. The molecule has 0 aliphatic heterocycles. The van der Waals surface area contributed by atoms with E-state index in [0.29, 0.717) is 13.0 Å². The van der Waals surface area contributed by atoms with E-state index in [2.05, 4.69) is 25.1 Å². The van der Waals surface area contributed by atoms with Gasteiger partial charge in [0, 0.05) is 6.42 Å². The van der Waals surface area contributed by atoms with Crippen LogP contribution < -0.4 is 0 Å². The fourth-order valence-corrected chi connectivity index (χ4v) is 1.88. The van der Waals surface area contributed by atoms with Crippen LogP contribution in [0.25, 0.3) is 5.57 Å². The molecule has 0 amide bonds. The first-order valence-electron chi connectivity index (χ1n) is 6.68. The summed E-state index contributed by atoms with van der Waals surface area (Å²) in [6.45, 7) is 4.46. The highest BCUT2D eigenvalue weighted by atomic mass is 16.5. The normalized spacial score (nSPS) is 11.3. The molecule has 0 fully saturated rings. The molecule has 2 nitrogen and oxygen atoms in total. The zero-order chi connectivity index (χ0) is 13.2. The van der Waals surface area contributed by atoms with Gasteiger partial charge < -0.3 is 4.74 Å². The molecule has 0 atom stereocenters. The molecule has 0 unspecified atom stereocenters. The Kier molecular flexibility index (Phi) is 6.85. The highest BCUT2D eigenvalue weighted by Gasteiger charge is 2.02. The number of allylic oxidation sites excluding steroid dienone is 2. The lowest BCUT2D eigenvalue weighted by Gasteiger charge is -2.06. The van der Waals surface area contributed by atoms with Gasteiger partial charge in [-0.15, -0.1) is 0 Å². The lowest BCUT2D eigenvalue weighted by molar-refractivity contribution is -0.142. The Bertz CT molecular complexity index is 379. The first-order chi connectivity index (χ1) is 8.77. The predicted molar refractivity (Wildman–Crippen MR) is 75.2 cm³/mol. The molecule has 0 aliphatic rings. The topological polar surface area (TPSA) is 26.3 Å². The number of carbonyl (C=O) groups is 1. The van der Waals surface area contributed by atoms with Crippen molar-refractivity contribution >= 4 is 11.5 Å². The molecule has 98 valence electrons. The third-order valence-corrected chi connectivity index (χ3v) is 2.71. The van der Waals surface area contributed by atoms with Crippen molar-refractivity contribution in [3.8, 4) is 0 Å². The number of hydrogen-bond acceptors (Lipinski definition) is 2. The van der Waals surface area contributed by atoms with Crippen LogP contribution in [0.2, 0.25) is 0 Å². The summed E-state index contributed by atoms with van der Waals surface area (Å²) in [6, 6.07) is 10.3. The van der Waals surface area contributed by atoms with Crippen molar-refractivity contribution in [2.24, 2.45) is 0 Å². The lowest BCUT2D eigenvalue weighted by atomic mass is 10.00. The molecular formula is C16H22O2. The molecule has 0 heterocycles. The summed E-state index contributed by atoms with van der Waals surface area (Å²) in [5.74, 6) is -0.113. The molecule has 0 radical (unpaired) electrons. The van der Waals surface area contributed by atoms with Gasteiger partial charge in [0.25, 0.3) is 0 Å². The number of esters is 1. The lowest BCUT2D eigenvalue weighted by Crippen LogP contribution is -2.02. The molecular weight excluding hydrogens is 224 g/mol. The Morgan fingerprint density at radius 3 is 2.50 bits per heavy atom. The van der Waals surface area contributed by atoms with E-state index >= 15 is 0 Å². The van der Waals surface area contributed by atoms with E-state index in [1.165, 1.54) is 11.1 Å². The minimum absolute atomic E-state index is 0.113. The average molecular weight is 246 g/mol. The number of carbonyl (C=O) groups excluding carboxylic acids is 1. The Hall–Kier alpha value is -1.57. The summed E-state index contributed by atoms with van der Waals surface area (Å²) in [7, 11) is 0. The molecule has 0 N–H and O–H groups in total. The van der Waals surface area contributed by atoms with E-state index in [1.54, 1.807) is 0 Å². The van der Waals surface area contributed by atoms with Crippen molar-refractivity contribution in [3.63, 3.8) is 0 Å². The van der Waals surface area contributed by atoms with Gasteiger partial charge in [-0.2, -0.15) is 0 Å². The monoisotopic (exact) mass is 246 g/mol. The average Bonchev–Trinajstić information content (AvgIpc) is 2.39. The molecule has 0 aliphatic carbocycles. The van der Waals surface area contributed by atoms with Gasteiger partial charge in [0.2, 0.25) is 0 Å². The van der Waals surface area contributed by atoms with Crippen LogP contribution in [0.5, 0.6) is 0 Å². The highest BCUT2D eigenvalue weighted by molar-refractivity contribution is 5.70. The van der Waals surface area contributed by atoms with Crippen LogP contribution in [0.3, 0.4) is 0 Å². The smallest absolute Gasteiger partial charge is 0.306 e. The number of rotatable bonds is 7. The van der Waals surface area contributed by atoms with Crippen LogP contribution in [-0.4, -0.2) is 12.6 Å². The minimum atomic E-state index is -0.113. The van der Waals surface area contributed by atoms with Crippen LogP contribution in [0.1, 0.15) is 45.1 Å². The van der Waals surface area contributed by atoms with E-state index in [1.807, 2.05) is 25.1 Å². The third-order valence-electron chi connectivity index (χ3n) is 2.71. The summed E-state index contributed by atoms with van der Waals surface area (Å²) in [5.41, 5.74) is 2.57. The van der Waals surface area contributed by atoms with Crippen LogP contribution in [0.4, 0.5) is 0 Å². The van der Waals surface area contributed by atoms with Gasteiger partial charge in [0.1, 0.15) is 0 Å². The number of hydrogen-bond donors (Lipinski definition) is 0. The molecule has 1 aromatic carbocycles. The molecule has 0 saturated heterocycles. The van der Waals surface area contributed by atoms with Crippen molar-refractivity contribution in [3.05, 3.63) is 42.0 Å². The zero-order valence-electron chi connectivity index (χ0n) is 11.3. The quantitative estimate of drug-likeness (QED) is 0.673. The van der Waals surface area contributed by atoms with E-state index in [4.69, 9.17) is 4.74 Å². The second-order valence-electron chi connectivity index (χ2n) is 4.19. The number of ether oxygens (including phenoxy) is 1. The SMILES string of the molecule is CCCC(=CCCC(=O)OCC)c1ccccc1. The van der Waals surface area contributed by atoms with E-state index in [9.17, 15) is 4.79 Å². The summed E-state index contributed by atoms with van der Waals surface area (Å²) in [6.07, 6.45) is 5.54. The van der Waals surface area contributed by atoms with Gasteiger partial charge in [-0.25, -0.2) is 0 Å². The Labute approximate surface area is 110 Å². The maximum Gasteiger partial charge on any atom is 0.306 e. The minimum Gasteiger partial charge on any atom is -0.466 e. The summed E-state index contributed by atoms with van der Waals surface area (Å²) in [4.78, 5) is 11.3. The van der Waals surface area contributed by atoms with Crippen LogP contribution in [-0.2, 0) is 9.53 Å². The Morgan fingerprint density at radius 2 is 1.89 bits per heavy atom. The van der Waals surface area contributed by atoms with Gasteiger partial charge in [-0.1, -0.05) is 49.8 Å². The Morgan fingerprint density at radius 1 is 1.17 bits per heavy atom. The van der Waals surface area contributed by atoms with E-state index in [-0.39, 0.29) is 5.97 Å². The van der Waals surface area contributed by atoms with E-state index < -0.39 is 0 Å². The zero-order valence-corrected chi connectivity index (χ0v) is 11.3. The first-order valence-corrected chi connectivity index (χ1v) is 6.68. The van der Waals surface area contributed by atoms with Crippen molar-refractivity contribution in [2.45, 2.75) is 39.5 Å². The standard InChI is InChI=1S/C16H22O2/c1-3-9-14(15-10-6-5-7-11-15)12-8-13-16(17)18-4-2/h5-7,10-12H,3-4,8-9,13H2,1-2H3. The van der Waals surface area contributed by atoms with Crippen molar-refractivity contribution in [1.82, 2.24) is 0 Å². The largest absolute Gasteiger partial charge is 0.466 e. The highest BCUT2D eigenvalue weighted by Crippen LogP contribution is 2.20. The second kappa shape index (κ2) is 8.51. The molecule has 0 spiro atoms. The third kappa shape index (κ3) is 5.17. The summed E-state index contributed by atoms with van der Waals surface area (Å²) < 4.78 is 4.92. The fraction of sp³-hybridized carbons (Fsp3) is 0.438. The van der Waals surface area contributed by atoms with Gasteiger partial charge in [-0.3, -0.25) is 4.79 Å². The Balaban J connectivity index is 2.59. The first kappa shape index (κ1) is 14.5. The molecule has 1 rings (SSSR count). The molecule has 0 aromatic heterocycles. The van der Waals surface area contributed by atoms with E-state index in [0.717, 1.165) is 19.3 Å². The molecule has 0 bridgehead atoms. The van der Waals surface area contributed by atoms with Crippen LogP contribution >= 0.6 is 0 Å². The maximum atomic E-state index is 11.3. The fourth-order valence-electron chi connectivity index (χ4n) is 1.88.